The molecule has 0 aromatic rings. The van der Waals surface area contributed by atoms with Gasteiger partial charge in [0, 0.05) is 19.1 Å². The van der Waals surface area contributed by atoms with Crippen molar-refractivity contribution in [3.8, 4) is 0 Å². The van der Waals surface area contributed by atoms with Gasteiger partial charge in [-0.15, -0.1) is 11.6 Å². The Morgan fingerprint density at radius 3 is 2.58 bits per heavy atom. The van der Waals surface area contributed by atoms with Crippen LogP contribution in [0.15, 0.2) is 11.8 Å². The predicted molar refractivity (Wildman–Crippen MR) is 39.5 cm³/mol. The van der Waals surface area contributed by atoms with Crippen molar-refractivity contribution in [2.24, 2.45) is 0 Å². The standard InChI is InChI=1S/C6H8ClF3N2/c1-12-3-4(2-7)5(11-12)6(8,9)10/h3,5,11H,2H2,1H3. The van der Waals surface area contributed by atoms with Crippen molar-refractivity contribution in [2.45, 2.75) is 12.2 Å². The van der Waals surface area contributed by atoms with Gasteiger partial charge < -0.3 is 5.01 Å². The van der Waals surface area contributed by atoms with Gasteiger partial charge in [-0.2, -0.15) is 13.2 Å². The first-order chi connectivity index (χ1) is 5.45. The first-order valence-corrected chi connectivity index (χ1v) is 3.81. The predicted octanol–water partition coefficient (Wildman–Crippen LogP) is 1.49. The molecule has 0 aromatic heterocycles. The van der Waals surface area contributed by atoms with Crippen LogP contribution in [-0.2, 0) is 0 Å². The quantitative estimate of drug-likeness (QED) is 0.646. The van der Waals surface area contributed by atoms with E-state index in [2.05, 4.69) is 5.43 Å². The maximum absolute atomic E-state index is 12.2. The van der Waals surface area contributed by atoms with Crippen molar-refractivity contribution >= 4 is 11.6 Å². The van der Waals surface area contributed by atoms with Crippen molar-refractivity contribution in [3.05, 3.63) is 11.8 Å². The zero-order valence-corrected chi connectivity index (χ0v) is 7.08. The van der Waals surface area contributed by atoms with Crippen molar-refractivity contribution in [1.82, 2.24) is 10.4 Å². The fourth-order valence-corrected chi connectivity index (χ4v) is 1.27. The Balaban J connectivity index is 2.76. The van der Waals surface area contributed by atoms with Gasteiger partial charge in [0.2, 0.25) is 0 Å². The van der Waals surface area contributed by atoms with E-state index in [1.807, 2.05) is 0 Å². The minimum absolute atomic E-state index is 0.110. The van der Waals surface area contributed by atoms with Crippen LogP contribution < -0.4 is 5.43 Å². The number of nitrogens with zero attached hydrogens (tertiary/aromatic N) is 1. The van der Waals surface area contributed by atoms with E-state index < -0.39 is 12.2 Å². The van der Waals surface area contributed by atoms with E-state index in [0.717, 1.165) is 0 Å². The summed E-state index contributed by atoms with van der Waals surface area (Å²) < 4.78 is 36.5. The van der Waals surface area contributed by atoms with Crippen LogP contribution in [0.2, 0.25) is 0 Å². The summed E-state index contributed by atoms with van der Waals surface area (Å²) in [6, 6.07) is -1.63. The molecule has 0 spiro atoms. The fourth-order valence-electron chi connectivity index (χ4n) is 1.04. The molecule has 1 N–H and O–H groups in total. The zero-order chi connectivity index (χ0) is 9.35. The summed E-state index contributed by atoms with van der Waals surface area (Å²) in [5.41, 5.74) is 2.37. The molecule has 0 bridgehead atoms. The number of nitrogens with one attached hydrogen (secondary N) is 1. The van der Waals surface area contributed by atoms with E-state index in [-0.39, 0.29) is 11.5 Å². The number of rotatable bonds is 1. The lowest BCUT2D eigenvalue weighted by Crippen LogP contribution is -2.44. The Labute approximate surface area is 72.9 Å². The molecule has 1 atom stereocenters. The summed E-state index contributed by atoms with van der Waals surface area (Å²) in [5, 5.41) is 1.26. The molecular weight excluding hydrogens is 193 g/mol. The highest BCUT2D eigenvalue weighted by molar-refractivity contribution is 6.19. The molecule has 0 aromatic carbocycles. The summed E-state index contributed by atoms with van der Waals surface area (Å²) >= 11 is 5.34. The lowest BCUT2D eigenvalue weighted by atomic mass is 10.1. The molecular formula is C6H8ClF3N2. The van der Waals surface area contributed by atoms with Crippen molar-refractivity contribution in [3.63, 3.8) is 0 Å². The third-order valence-electron chi connectivity index (χ3n) is 1.54. The Morgan fingerprint density at radius 1 is 1.67 bits per heavy atom. The maximum atomic E-state index is 12.2. The van der Waals surface area contributed by atoms with Crippen LogP contribution in [0.4, 0.5) is 13.2 Å². The summed E-state index contributed by atoms with van der Waals surface area (Å²) in [4.78, 5) is 0. The molecule has 1 aliphatic rings. The van der Waals surface area contributed by atoms with Crippen LogP contribution in [0.25, 0.3) is 0 Å². The highest BCUT2D eigenvalue weighted by Gasteiger charge is 2.44. The SMILES string of the molecule is CN1C=C(CCl)C(C(F)(F)F)N1. The average molecular weight is 201 g/mol. The van der Waals surface area contributed by atoms with E-state index in [9.17, 15) is 13.2 Å². The third kappa shape index (κ3) is 1.84. The van der Waals surface area contributed by atoms with Gasteiger partial charge in [0.05, 0.1) is 0 Å². The van der Waals surface area contributed by atoms with E-state index >= 15 is 0 Å². The Morgan fingerprint density at radius 2 is 2.25 bits per heavy atom. The fraction of sp³-hybridized carbons (Fsp3) is 0.667. The van der Waals surface area contributed by atoms with Gasteiger partial charge >= 0.3 is 6.18 Å². The van der Waals surface area contributed by atoms with E-state index in [4.69, 9.17) is 11.6 Å². The van der Waals surface area contributed by atoms with Gasteiger partial charge in [-0.25, -0.2) is 5.43 Å². The molecule has 12 heavy (non-hydrogen) atoms. The van der Waals surface area contributed by atoms with Crippen LogP contribution in [0.5, 0.6) is 0 Å². The van der Waals surface area contributed by atoms with Crippen LogP contribution >= 0.6 is 11.6 Å². The molecule has 1 aliphatic heterocycles. The normalized spacial score (nSPS) is 24.6. The highest BCUT2D eigenvalue weighted by Crippen LogP contribution is 2.29. The lowest BCUT2D eigenvalue weighted by molar-refractivity contribution is -0.150. The Kier molecular flexibility index (Phi) is 2.53. The van der Waals surface area contributed by atoms with E-state index in [0.29, 0.717) is 0 Å². The minimum atomic E-state index is -4.27. The molecule has 2 nitrogen and oxygen atoms in total. The average Bonchev–Trinajstić information content (AvgIpc) is 2.29. The van der Waals surface area contributed by atoms with Crippen LogP contribution in [0.3, 0.4) is 0 Å². The molecule has 0 saturated carbocycles. The van der Waals surface area contributed by atoms with Crippen LogP contribution in [-0.4, -0.2) is 30.2 Å². The summed E-state index contributed by atoms with van der Waals surface area (Å²) in [6.45, 7) is 0. The number of hydrogen-bond donors (Lipinski definition) is 1. The number of hydrazine groups is 1. The second kappa shape index (κ2) is 3.14. The van der Waals surface area contributed by atoms with Crippen molar-refractivity contribution < 1.29 is 13.2 Å². The number of halogens is 4. The lowest BCUT2D eigenvalue weighted by Gasteiger charge is -2.19. The summed E-state index contributed by atoms with van der Waals surface area (Å²) in [7, 11) is 1.50. The summed E-state index contributed by atoms with van der Waals surface area (Å²) in [6.07, 6.45) is -2.92. The molecule has 0 aliphatic carbocycles. The molecule has 0 amide bonds. The van der Waals surface area contributed by atoms with Crippen LogP contribution in [0.1, 0.15) is 0 Å². The molecule has 0 fully saturated rings. The molecule has 70 valence electrons. The van der Waals surface area contributed by atoms with Gasteiger partial charge in [0.1, 0.15) is 6.04 Å². The van der Waals surface area contributed by atoms with E-state index in [1.54, 1.807) is 0 Å². The molecule has 6 heteroatoms. The van der Waals surface area contributed by atoms with Crippen molar-refractivity contribution in [1.29, 1.82) is 0 Å². The molecule has 1 rings (SSSR count). The van der Waals surface area contributed by atoms with Crippen molar-refractivity contribution in [2.75, 3.05) is 12.9 Å². The Hall–Kier alpha value is -0.420. The van der Waals surface area contributed by atoms with E-state index in [1.165, 1.54) is 18.3 Å². The molecule has 1 heterocycles. The van der Waals surface area contributed by atoms with Gasteiger partial charge in [0.15, 0.2) is 0 Å². The second-order valence-electron chi connectivity index (χ2n) is 2.55. The first-order valence-electron chi connectivity index (χ1n) is 3.27. The first kappa shape index (κ1) is 9.67. The van der Waals surface area contributed by atoms with Gasteiger partial charge in [-0.3, -0.25) is 0 Å². The largest absolute Gasteiger partial charge is 0.409 e. The molecule has 1 unspecified atom stereocenters. The molecule has 0 radical (unpaired) electrons. The smallest absolute Gasteiger partial charge is 0.318 e. The third-order valence-corrected chi connectivity index (χ3v) is 1.85. The van der Waals surface area contributed by atoms with Crippen LogP contribution in [0, 0.1) is 0 Å². The summed E-state index contributed by atoms with van der Waals surface area (Å²) in [5.74, 6) is -0.110. The monoisotopic (exact) mass is 200 g/mol. The zero-order valence-electron chi connectivity index (χ0n) is 6.32. The van der Waals surface area contributed by atoms with Gasteiger partial charge in [0.25, 0.3) is 0 Å². The second-order valence-corrected chi connectivity index (χ2v) is 2.82. The maximum Gasteiger partial charge on any atom is 0.409 e. The molecule has 0 saturated heterocycles. The van der Waals surface area contributed by atoms with Gasteiger partial charge in [-0.1, -0.05) is 0 Å². The number of alkyl halides is 4. The Bertz CT molecular complexity index is 201. The number of hydrogen-bond acceptors (Lipinski definition) is 2. The highest BCUT2D eigenvalue weighted by atomic mass is 35.5. The van der Waals surface area contributed by atoms with Gasteiger partial charge in [-0.05, 0) is 5.57 Å². The minimum Gasteiger partial charge on any atom is -0.318 e. The topological polar surface area (TPSA) is 15.3 Å².